The number of thioether (sulfide) groups is 1. The van der Waals surface area contributed by atoms with Crippen molar-refractivity contribution >= 4 is 11.8 Å². The van der Waals surface area contributed by atoms with Crippen molar-refractivity contribution in [2.24, 2.45) is 0 Å². The van der Waals surface area contributed by atoms with Crippen LogP contribution in [0, 0.1) is 0 Å². The summed E-state index contributed by atoms with van der Waals surface area (Å²) in [6.07, 6.45) is 2.10. The molecule has 0 amide bonds. The van der Waals surface area contributed by atoms with Crippen LogP contribution in [0.4, 0.5) is 0 Å². The Morgan fingerprint density at radius 2 is 2.50 bits per heavy atom. The van der Waals surface area contributed by atoms with Gasteiger partial charge in [0, 0.05) is 0 Å². The summed E-state index contributed by atoms with van der Waals surface area (Å²) in [7, 11) is 0. The largest absolute Gasteiger partial charge is 0.250 e. The van der Waals surface area contributed by atoms with Crippen molar-refractivity contribution < 1.29 is 10.1 Å². The number of rotatable bonds is 1. The third kappa shape index (κ3) is 1.36. The summed E-state index contributed by atoms with van der Waals surface area (Å²) in [5, 5.41) is 8.54. The summed E-state index contributed by atoms with van der Waals surface area (Å²) in [6, 6.07) is 0. The lowest BCUT2D eigenvalue weighted by atomic mass is 10.1. The topological polar surface area (TPSA) is 29.5 Å². The molecule has 1 heterocycles. The fraction of sp³-hybridized carbons (Fsp3) is 0.714. The van der Waals surface area contributed by atoms with Gasteiger partial charge in [0.1, 0.15) is 0 Å². The third-order valence-corrected chi connectivity index (χ3v) is 3.22. The molecular formula is C7H12O2S. The normalized spacial score (nSPS) is 34.4. The van der Waals surface area contributed by atoms with Gasteiger partial charge in [-0.05, 0) is 31.1 Å². The van der Waals surface area contributed by atoms with E-state index in [-0.39, 0.29) is 0 Å². The maximum Gasteiger partial charge on any atom is 0.166 e. The van der Waals surface area contributed by atoms with Gasteiger partial charge >= 0.3 is 0 Å². The second kappa shape index (κ2) is 2.95. The zero-order valence-corrected chi connectivity index (χ0v) is 6.91. The van der Waals surface area contributed by atoms with Crippen LogP contribution in [0.15, 0.2) is 12.2 Å². The van der Waals surface area contributed by atoms with E-state index < -0.39 is 4.93 Å². The second-order valence-corrected chi connectivity index (χ2v) is 4.07. The Kier molecular flexibility index (Phi) is 2.39. The molecule has 0 saturated carbocycles. The molecule has 0 bridgehead atoms. The van der Waals surface area contributed by atoms with Crippen molar-refractivity contribution in [1.29, 1.82) is 0 Å². The summed E-state index contributed by atoms with van der Waals surface area (Å²) in [5.74, 6) is 1.04. The lowest BCUT2D eigenvalue weighted by Crippen LogP contribution is -2.28. The fourth-order valence-electron chi connectivity index (χ4n) is 0.973. The predicted molar refractivity (Wildman–Crippen MR) is 43.0 cm³/mol. The minimum Gasteiger partial charge on any atom is -0.250 e. The second-order valence-electron chi connectivity index (χ2n) is 2.59. The molecule has 1 N–H and O–H groups in total. The van der Waals surface area contributed by atoms with E-state index >= 15 is 0 Å². The fourth-order valence-corrected chi connectivity index (χ4v) is 2.01. The van der Waals surface area contributed by atoms with E-state index in [1.165, 1.54) is 0 Å². The molecule has 0 aromatic carbocycles. The van der Waals surface area contributed by atoms with E-state index in [1.807, 2.05) is 6.92 Å². The first-order valence-electron chi connectivity index (χ1n) is 3.34. The molecule has 3 heteroatoms. The van der Waals surface area contributed by atoms with E-state index in [1.54, 1.807) is 11.8 Å². The van der Waals surface area contributed by atoms with Gasteiger partial charge < -0.3 is 0 Å². The van der Waals surface area contributed by atoms with Crippen LogP contribution in [0.3, 0.4) is 0 Å². The van der Waals surface area contributed by atoms with Crippen molar-refractivity contribution in [2.45, 2.75) is 24.7 Å². The van der Waals surface area contributed by atoms with Crippen molar-refractivity contribution in [1.82, 2.24) is 0 Å². The Hall–Kier alpha value is 0.01000. The summed E-state index contributed by atoms with van der Waals surface area (Å²) in [6.45, 7) is 5.68. The van der Waals surface area contributed by atoms with E-state index in [0.29, 0.717) is 0 Å². The zero-order valence-electron chi connectivity index (χ0n) is 6.09. The van der Waals surface area contributed by atoms with Crippen molar-refractivity contribution in [2.75, 3.05) is 5.75 Å². The first kappa shape index (κ1) is 8.11. The molecule has 0 aromatic rings. The van der Waals surface area contributed by atoms with Gasteiger partial charge in [0.25, 0.3) is 0 Å². The Morgan fingerprint density at radius 3 is 2.90 bits per heavy atom. The van der Waals surface area contributed by atoms with Crippen molar-refractivity contribution in [3.05, 3.63) is 12.2 Å². The molecule has 0 spiro atoms. The first-order chi connectivity index (χ1) is 4.69. The molecule has 0 radical (unpaired) electrons. The van der Waals surface area contributed by atoms with Crippen LogP contribution in [0.5, 0.6) is 0 Å². The standard InChI is InChI=1S/C7H12O2S/c1-6-4-3-5-10-7(6,2)9-8/h8H,1,3-5H2,2H3. The van der Waals surface area contributed by atoms with E-state index in [9.17, 15) is 0 Å². The molecule has 10 heavy (non-hydrogen) atoms. The highest BCUT2D eigenvalue weighted by atomic mass is 32.2. The first-order valence-corrected chi connectivity index (χ1v) is 4.32. The highest BCUT2D eigenvalue weighted by Gasteiger charge is 2.32. The van der Waals surface area contributed by atoms with Crippen molar-refractivity contribution in [3.63, 3.8) is 0 Å². The van der Waals surface area contributed by atoms with Gasteiger partial charge in [0.2, 0.25) is 0 Å². The minimum absolute atomic E-state index is 0.543. The SMILES string of the molecule is C=C1CCCSC1(C)OO. The molecule has 1 unspecified atom stereocenters. The molecular weight excluding hydrogens is 148 g/mol. The summed E-state index contributed by atoms with van der Waals surface area (Å²) in [4.78, 5) is 3.81. The van der Waals surface area contributed by atoms with Crippen LogP contribution in [0.25, 0.3) is 0 Å². The molecule has 58 valence electrons. The smallest absolute Gasteiger partial charge is 0.166 e. The highest BCUT2D eigenvalue weighted by Crippen LogP contribution is 2.39. The zero-order chi connectivity index (χ0) is 7.61. The molecule has 0 aromatic heterocycles. The van der Waals surface area contributed by atoms with Crippen LogP contribution in [0.2, 0.25) is 0 Å². The third-order valence-electron chi connectivity index (χ3n) is 1.82. The average molecular weight is 160 g/mol. The van der Waals surface area contributed by atoms with Gasteiger partial charge in [0.15, 0.2) is 4.93 Å². The summed E-state index contributed by atoms with van der Waals surface area (Å²) in [5.41, 5.74) is 0.978. The molecule has 1 aliphatic rings. The van der Waals surface area contributed by atoms with Crippen LogP contribution >= 0.6 is 11.8 Å². The van der Waals surface area contributed by atoms with Gasteiger partial charge in [-0.25, -0.2) is 4.89 Å². The van der Waals surface area contributed by atoms with E-state index in [4.69, 9.17) is 5.26 Å². The lowest BCUT2D eigenvalue weighted by molar-refractivity contribution is -0.277. The lowest BCUT2D eigenvalue weighted by Gasteiger charge is -2.31. The van der Waals surface area contributed by atoms with Crippen LogP contribution in [0.1, 0.15) is 19.8 Å². The predicted octanol–water partition coefficient (Wildman–Crippen LogP) is 2.28. The van der Waals surface area contributed by atoms with Crippen LogP contribution in [-0.2, 0) is 4.89 Å². The summed E-state index contributed by atoms with van der Waals surface area (Å²) < 4.78 is 0. The van der Waals surface area contributed by atoms with Crippen molar-refractivity contribution in [3.8, 4) is 0 Å². The van der Waals surface area contributed by atoms with Gasteiger partial charge in [-0.2, -0.15) is 0 Å². The Morgan fingerprint density at radius 1 is 1.80 bits per heavy atom. The molecule has 1 rings (SSSR count). The number of hydrogen-bond donors (Lipinski definition) is 1. The minimum atomic E-state index is -0.543. The maximum absolute atomic E-state index is 8.54. The molecule has 1 fully saturated rings. The molecule has 2 nitrogen and oxygen atoms in total. The molecule has 1 atom stereocenters. The Balaban J connectivity index is 2.63. The average Bonchev–Trinajstić information content (AvgIpc) is 1.96. The molecule has 1 saturated heterocycles. The monoisotopic (exact) mass is 160 g/mol. The van der Waals surface area contributed by atoms with Crippen LogP contribution < -0.4 is 0 Å². The van der Waals surface area contributed by atoms with Gasteiger partial charge in [-0.15, -0.1) is 11.8 Å². The van der Waals surface area contributed by atoms with E-state index in [0.717, 1.165) is 24.2 Å². The quantitative estimate of drug-likeness (QED) is 0.362. The number of hydrogen-bond acceptors (Lipinski definition) is 3. The van der Waals surface area contributed by atoms with E-state index in [2.05, 4.69) is 11.5 Å². The van der Waals surface area contributed by atoms with Gasteiger partial charge in [-0.1, -0.05) is 6.58 Å². The maximum atomic E-state index is 8.54. The summed E-state index contributed by atoms with van der Waals surface area (Å²) >= 11 is 1.60. The molecule has 1 aliphatic heterocycles. The van der Waals surface area contributed by atoms with Gasteiger partial charge in [0.05, 0.1) is 0 Å². The molecule has 0 aliphatic carbocycles. The Bertz CT molecular complexity index is 147. The highest BCUT2D eigenvalue weighted by molar-refractivity contribution is 8.00. The van der Waals surface area contributed by atoms with Gasteiger partial charge in [-0.3, -0.25) is 5.26 Å². The van der Waals surface area contributed by atoms with Crippen LogP contribution in [-0.4, -0.2) is 15.9 Å². The Labute approximate surface area is 65.2 Å².